The van der Waals surface area contributed by atoms with Gasteiger partial charge in [0.2, 0.25) is 0 Å². The molecule has 0 unspecified atom stereocenters. The van der Waals surface area contributed by atoms with E-state index in [-0.39, 0.29) is 12.2 Å². The van der Waals surface area contributed by atoms with E-state index in [1.807, 2.05) is 30.3 Å². The predicted octanol–water partition coefficient (Wildman–Crippen LogP) is 2.99. The summed E-state index contributed by atoms with van der Waals surface area (Å²) >= 11 is 0. The van der Waals surface area contributed by atoms with Crippen LogP contribution in [0.4, 0.5) is 0 Å². The second kappa shape index (κ2) is 6.61. The topological polar surface area (TPSA) is 66.8 Å². The van der Waals surface area contributed by atoms with Gasteiger partial charge in [0, 0.05) is 12.5 Å². The summed E-state index contributed by atoms with van der Waals surface area (Å²) in [5, 5.41) is 18.5. The van der Waals surface area contributed by atoms with E-state index in [9.17, 15) is 9.90 Å². The highest BCUT2D eigenvalue weighted by Gasteiger charge is 2.06. The summed E-state index contributed by atoms with van der Waals surface area (Å²) < 4.78 is 5.58. The fourth-order valence-electron chi connectivity index (χ4n) is 1.83. The molecule has 4 heteroatoms. The lowest BCUT2D eigenvalue weighted by atomic mass is 10.1. The lowest BCUT2D eigenvalue weighted by Crippen LogP contribution is -1.98. The minimum absolute atomic E-state index is 0.00220. The minimum Gasteiger partial charge on any atom is -0.508 e. The van der Waals surface area contributed by atoms with Crippen molar-refractivity contribution in [3.63, 3.8) is 0 Å². The molecule has 104 valence electrons. The molecule has 0 amide bonds. The Labute approximate surface area is 117 Å². The monoisotopic (exact) mass is 272 g/mol. The van der Waals surface area contributed by atoms with Crippen LogP contribution >= 0.6 is 0 Å². The molecule has 0 spiro atoms. The molecule has 0 fully saturated rings. The van der Waals surface area contributed by atoms with Crippen molar-refractivity contribution < 1.29 is 19.7 Å². The Bertz CT molecular complexity index is 578. The van der Waals surface area contributed by atoms with E-state index in [2.05, 4.69) is 0 Å². The number of aliphatic carboxylic acids is 1. The van der Waals surface area contributed by atoms with E-state index in [1.165, 1.54) is 6.07 Å². The first-order valence-corrected chi connectivity index (χ1v) is 6.35. The number of ether oxygens (including phenoxy) is 1. The van der Waals surface area contributed by atoms with Crippen LogP contribution < -0.4 is 4.74 Å². The Morgan fingerprint density at radius 1 is 1.10 bits per heavy atom. The molecule has 20 heavy (non-hydrogen) atoms. The van der Waals surface area contributed by atoms with Crippen molar-refractivity contribution in [2.24, 2.45) is 0 Å². The van der Waals surface area contributed by atoms with Gasteiger partial charge >= 0.3 is 5.97 Å². The van der Waals surface area contributed by atoms with Crippen molar-refractivity contribution in [1.82, 2.24) is 0 Å². The molecule has 2 rings (SSSR count). The maximum Gasteiger partial charge on any atom is 0.303 e. The smallest absolute Gasteiger partial charge is 0.303 e. The third-order valence-electron chi connectivity index (χ3n) is 2.91. The second-order valence-electron chi connectivity index (χ2n) is 4.46. The molecule has 2 aromatic carbocycles. The van der Waals surface area contributed by atoms with E-state index in [4.69, 9.17) is 9.84 Å². The molecule has 4 nitrogen and oxygen atoms in total. The highest BCUT2D eigenvalue weighted by molar-refractivity contribution is 5.67. The average molecular weight is 272 g/mol. The summed E-state index contributed by atoms with van der Waals surface area (Å²) in [6.07, 6.45) is 0.303. The number of hydrogen-bond donors (Lipinski definition) is 2. The number of phenols is 1. The van der Waals surface area contributed by atoms with Crippen LogP contribution in [-0.4, -0.2) is 16.2 Å². The first-order valence-electron chi connectivity index (χ1n) is 6.35. The Balaban J connectivity index is 1.96. The number of phenolic OH excluding ortho intramolecular Hbond substituents is 1. The molecule has 2 N–H and O–H groups in total. The van der Waals surface area contributed by atoms with Crippen LogP contribution in [0.15, 0.2) is 48.5 Å². The normalized spacial score (nSPS) is 10.2. The number of benzene rings is 2. The maximum absolute atomic E-state index is 10.5. The highest BCUT2D eigenvalue weighted by Crippen LogP contribution is 2.25. The number of hydrogen-bond acceptors (Lipinski definition) is 3. The van der Waals surface area contributed by atoms with Crippen LogP contribution in [0.2, 0.25) is 0 Å². The summed E-state index contributed by atoms with van der Waals surface area (Å²) in [6.45, 7) is 0.425. The highest BCUT2D eigenvalue weighted by atomic mass is 16.5. The maximum atomic E-state index is 10.5. The SMILES string of the molecule is O=C(O)CCc1ccc(OCc2ccccc2)cc1O. The molecular weight excluding hydrogens is 256 g/mol. The van der Waals surface area contributed by atoms with Gasteiger partial charge in [0.25, 0.3) is 0 Å². The molecule has 0 saturated heterocycles. The summed E-state index contributed by atoms with van der Waals surface area (Å²) in [5.41, 5.74) is 1.65. The van der Waals surface area contributed by atoms with Crippen LogP contribution in [0.25, 0.3) is 0 Å². The molecule has 0 heterocycles. The van der Waals surface area contributed by atoms with Crippen LogP contribution in [0.3, 0.4) is 0 Å². The fourth-order valence-corrected chi connectivity index (χ4v) is 1.83. The van der Waals surface area contributed by atoms with Gasteiger partial charge in [-0.25, -0.2) is 0 Å². The zero-order valence-corrected chi connectivity index (χ0v) is 11.0. The van der Waals surface area contributed by atoms with Gasteiger partial charge in [0.05, 0.1) is 0 Å². The van der Waals surface area contributed by atoms with Crippen molar-refractivity contribution in [1.29, 1.82) is 0 Å². The van der Waals surface area contributed by atoms with Crippen LogP contribution in [0.5, 0.6) is 11.5 Å². The van der Waals surface area contributed by atoms with Crippen LogP contribution in [0.1, 0.15) is 17.5 Å². The van der Waals surface area contributed by atoms with Crippen LogP contribution in [-0.2, 0) is 17.8 Å². The summed E-state index contributed by atoms with van der Waals surface area (Å²) in [4.78, 5) is 10.5. The third kappa shape index (κ3) is 4.02. The summed E-state index contributed by atoms with van der Waals surface area (Å²) in [6, 6.07) is 14.7. The number of rotatable bonds is 6. The first kappa shape index (κ1) is 13.9. The van der Waals surface area contributed by atoms with E-state index < -0.39 is 5.97 Å². The molecule has 0 aliphatic heterocycles. The largest absolute Gasteiger partial charge is 0.508 e. The Morgan fingerprint density at radius 2 is 1.85 bits per heavy atom. The van der Waals surface area contributed by atoms with Crippen molar-refractivity contribution in [3.8, 4) is 11.5 Å². The molecule has 0 atom stereocenters. The van der Waals surface area contributed by atoms with Gasteiger partial charge in [-0.15, -0.1) is 0 Å². The number of aryl methyl sites for hydroxylation is 1. The fraction of sp³-hybridized carbons (Fsp3) is 0.188. The van der Waals surface area contributed by atoms with Gasteiger partial charge in [0.1, 0.15) is 18.1 Å². The number of carbonyl (C=O) groups is 1. The van der Waals surface area contributed by atoms with Gasteiger partial charge in [-0.2, -0.15) is 0 Å². The second-order valence-corrected chi connectivity index (χ2v) is 4.46. The van der Waals surface area contributed by atoms with Gasteiger partial charge in [-0.05, 0) is 23.6 Å². The van der Waals surface area contributed by atoms with Crippen molar-refractivity contribution >= 4 is 5.97 Å². The van der Waals surface area contributed by atoms with Crippen molar-refractivity contribution in [2.75, 3.05) is 0 Å². The lowest BCUT2D eigenvalue weighted by molar-refractivity contribution is -0.136. The first-order chi connectivity index (χ1) is 9.65. The van der Waals surface area contributed by atoms with Gasteiger partial charge in [0.15, 0.2) is 0 Å². The molecular formula is C16H16O4. The molecule has 0 aliphatic carbocycles. The average Bonchev–Trinajstić information content (AvgIpc) is 2.45. The van der Waals surface area contributed by atoms with Crippen molar-refractivity contribution in [2.45, 2.75) is 19.4 Å². The molecule has 0 radical (unpaired) electrons. The molecule has 0 saturated carbocycles. The van der Waals surface area contributed by atoms with Crippen LogP contribution in [0, 0.1) is 0 Å². The minimum atomic E-state index is -0.881. The summed E-state index contributed by atoms with van der Waals surface area (Å²) in [7, 11) is 0. The summed E-state index contributed by atoms with van der Waals surface area (Å²) in [5.74, 6) is -0.254. The third-order valence-corrected chi connectivity index (χ3v) is 2.91. The Hall–Kier alpha value is -2.49. The number of aromatic hydroxyl groups is 1. The Kier molecular flexibility index (Phi) is 4.60. The molecule has 0 aromatic heterocycles. The zero-order chi connectivity index (χ0) is 14.4. The van der Waals surface area contributed by atoms with E-state index >= 15 is 0 Å². The predicted molar refractivity (Wildman–Crippen MR) is 74.8 cm³/mol. The molecule has 2 aromatic rings. The molecule has 0 bridgehead atoms. The number of carboxylic acids is 1. The Morgan fingerprint density at radius 3 is 2.50 bits per heavy atom. The van der Waals surface area contributed by atoms with Gasteiger partial charge in [-0.1, -0.05) is 36.4 Å². The van der Waals surface area contributed by atoms with Crippen molar-refractivity contribution in [3.05, 3.63) is 59.7 Å². The van der Waals surface area contributed by atoms with E-state index in [1.54, 1.807) is 12.1 Å². The van der Waals surface area contributed by atoms with E-state index in [0.717, 1.165) is 5.56 Å². The standard InChI is InChI=1S/C16H16O4/c17-15-10-14(8-6-13(15)7-9-16(18)19)20-11-12-4-2-1-3-5-12/h1-6,8,10,17H,7,9,11H2,(H,18,19). The van der Waals surface area contributed by atoms with Gasteiger partial charge in [-0.3, -0.25) is 4.79 Å². The van der Waals surface area contributed by atoms with Gasteiger partial charge < -0.3 is 14.9 Å². The number of carboxylic acid groups (broad SMARTS) is 1. The zero-order valence-electron chi connectivity index (χ0n) is 11.0. The lowest BCUT2D eigenvalue weighted by Gasteiger charge is -2.09. The quantitative estimate of drug-likeness (QED) is 0.848. The van der Waals surface area contributed by atoms with E-state index in [0.29, 0.717) is 24.3 Å². The molecule has 0 aliphatic rings.